The van der Waals surface area contributed by atoms with Gasteiger partial charge in [0.15, 0.2) is 5.13 Å². The first-order valence-electron chi connectivity index (χ1n) is 6.48. The average molecular weight is 293 g/mol. The lowest BCUT2D eigenvalue weighted by Crippen LogP contribution is -2.45. The molecule has 106 valence electrons. The van der Waals surface area contributed by atoms with E-state index >= 15 is 0 Å². The Hall–Kier alpha value is -1.73. The maximum atomic E-state index is 10.8. The van der Waals surface area contributed by atoms with E-state index in [0.29, 0.717) is 0 Å². The molecule has 20 heavy (non-hydrogen) atoms. The molecule has 1 aliphatic heterocycles. The van der Waals surface area contributed by atoms with Gasteiger partial charge in [0.25, 0.3) is 5.69 Å². The fourth-order valence-electron chi connectivity index (χ4n) is 2.48. The number of hydrogen-bond acceptors (Lipinski definition) is 6. The maximum absolute atomic E-state index is 10.8. The molecule has 0 spiro atoms. The van der Waals surface area contributed by atoms with Crippen molar-refractivity contribution in [3.8, 4) is 0 Å². The number of rotatable bonds is 2. The molecule has 0 radical (unpaired) electrons. The Bertz CT molecular complexity index is 647. The second-order valence-electron chi connectivity index (χ2n) is 5.07. The van der Waals surface area contributed by atoms with Gasteiger partial charge < -0.3 is 9.64 Å². The van der Waals surface area contributed by atoms with E-state index < -0.39 is 0 Å². The zero-order valence-corrected chi connectivity index (χ0v) is 12.1. The predicted octanol–water partition coefficient (Wildman–Crippen LogP) is 2.82. The summed E-state index contributed by atoms with van der Waals surface area (Å²) < 4.78 is 6.56. The first kappa shape index (κ1) is 13.3. The molecule has 0 unspecified atom stereocenters. The number of anilines is 1. The second-order valence-corrected chi connectivity index (χ2v) is 6.08. The number of nitro benzene ring substituents is 1. The highest BCUT2D eigenvalue weighted by molar-refractivity contribution is 7.22. The Balaban J connectivity index is 1.94. The smallest absolute Gasteiger partial charge is 0.270 e. The quantitative estimate of drug-likeness (QED) is 0.629. The van der Waals surface area contributed by atoms with Gasteiger partial charge in [-0.3, -0.25) is 10.1 Å². The van der Waals surface area contributed by atoms with Crippen molar-refractivity contribution < 1.29 is 9.66 Å². The van der Waals surface area contributed by atoms with Crippen LogP contribution in [0.2, 0.25) is 0 Å². The van der Waals surface area contributed by atoms with Crippen LogP contribution in [0.5, 0.6) is 0 Å². The molecule has 0 N–H and O–H groups in total. The molecule has 6 nitrogen and oxygen atoms in total. The minimum atomic E-state index is -0.377. The van der Waals surface area contributed by atoms with Crippen molar-refractivity contribution >= 4 is 32.4 Å². The van der Waals surface area contributed by atoms with E-state index in [1.807, 2.05) is 13.8 Å². The van der Waals surface area contributed by atoms with Crippen LogP contribution in [0.4, 0.5) is 10.8 Å². The summed E-state index contributed by atoms with van der Waals surface area (Å²) in [6.07, 6.45) is 0.334. The second kappa shape index (κ2) is 4.99. The normalized spacial score (nSPS) is 23.2. The van der Waals surface area contributed by atoms with E-state index in [2.05, 4.69) is 9.88 Å². The molecule has 2 heterocycles. The zero-order chi connectivity index (χ0) is 14.3. The van der Waals surface area contributed by atoms with E-state index in [1.54, 1.807) is 12.1 Å². The fourth-order valence-corrected chi connectivity index (χ4v) is 3.50. The third-order valence-corrected chi connectivity index (χ3v) is 4.34. The highest BCUT2D eigenvalue weighted by atomic mass is 32.1. The maximum Gasteiger partial charge on any atom is 0.270 e. The summed E-state index contributed by atoms with van der Waals surface area (Å²) in [5.41, 5.74) is 0.916. The number of morpholine rings is 1. The first-order chi connectivity index (χ1) is 9.52. The Morgan fingerprint density at radius 1 is 1.40 bits per heavy atom. The summed E-state index contributed by atoms with van der Waals surface area (Å²) >= 11 is 1.49. The molecule has 1 aromatic heterocycles. The molecule has 0 bridgehead atoms. The molecule has 0 saturated carbocycles. The molecule has 3 rings (SSSR count). The molecule has 2 aromatic rings. The number of fused-ring (bicyclic) bond motifs is 1. The van der Waals surface area contributed by atoms with E-state index in [0.717, 1.165) is 28.4 Å². The molecule has 0 amide bonds. The van der Waals surface area contributed by atoms with Crippen LogP contribution in [0, 0.1) is 10.1 Å². The SMILES string of the molecule is C[C@@H]1CN(c2nc3ccc([N+](=O)[O-])cc3s2)C[C@H](C)O1. The van der Waals surface area contributed by atoms with Crippen LogP contribution < -0.4 is 4.90 Å². The van der Waals surface area contributed by atoms with Crippen LogP contribution in [0.3, 0.4) is 0 Å². The van der Waals surface area contributed by atoms with Crippen molar-refractivity contribution in [3.05, 3.63) is 28.3 Å². The number of nitro groups is 1. The first-order valence-corrected chi connectivity index (χ1v) is 7.30. The van der Waals surface area contributed by atoms with Crippen molar-refractivity contribution in [2.75, 3.05) is 18.0 Å². The topological polar surface area (TPSA) is 68.5 Å². The molecule has 2 atom stereocenters. The van der Waals surface area contributed by atoms with E-state index in [9.17, 15) is 10.1 Å². The fraction of sp³-hybridized carbons (Fsp3) is 0.462. The van der Waals surface area contributed by atoms with Crippen molar-refractivity contribution in [2.24, 2.45) is 0 Å². The number of hydrogen-bond donors (Lipinski definition) is 0. The summed E-state index contributed by atoms with van der Waals surface area (Å²) in [4.78, 5) is 17.2. The van der Waals surface area contributed by atoms with E-state index in [1.165, 1.54) is 17.4 Å². The van der Waals surface area contributed by atoms with Crippen molar-refractivity contribution in [1.82, 2.24) is 4.98 Å². The number of thiazole rings is 1. The van der Waals surface area contributed by atoms with Gasteiger partial charge in [-0.15, -0.1) is 0 Å². The highest BCUT2D eigenvalue weighted by Gasteiger charge is 2.24. The summed E-state index contributed by atoms with van der Waals surface area (Å²) in [5, 5.41) is 11.7. The zero-order valence-electron chi connectivity index (χ0n) is 11.3. The molecule has 1 saturated heterocycles. The molecule has 7 heteroatoms. The summed E-state index contributed by atoms with van der Waals surface area (Å²) in [6.45, 7) is 5.68. The molecule has 1 aliphatic rings. The van der Waals surface area contributed by atoms with Crippen molar-refractivity contribution in [1.29, 1.82) is 0 Å². The minimum absolute atomic E-state index is 0.108. The van der Waals surface area contributed by atoms with Crippen molar-refractivity contribution in [3.63, 3.8) is 0 Å². The van der Waals surface area contributed by atoms with Crippen LogP contribution in [0.25, 0.3) is 10.2 Å². The van der Waals surface area contributed by atoms with Gasteiger partial charge in [0, 0.05) is 25.2 Å². The Morgan fingerprint density at radius 2 is 2.10 bits per heavy atom. The molecular formula is C13H15N3O3S. The van der Waals surface area contributed by atoms with Gasteiger partial charge in [-0.25, -0.2) is 4.98 Å². The van der Waals surface area contributed by atoms with Crippen LogP contribution in [0.15, 0.2) is 18.2 Å². The molecule has 1 aromatic carbocycles. The lowest BCUT2D eigenvalue weighted by atomic mass is 10.2. The highest BCUT2D eigenvalue weighted by Crippen LogP contribution is 2.32. The number of benzene rings is 1. The van der Waals surface area contributed by atoms with Gasteiger partial charge in [-0.2, -0.15) is 0 Å². The minimum Gasteiger partial charge on any atom is -0.372 e. The Morgan fingerprint density at radius 3 is 2.75 bits per heavy atom. The van der Waals surface area contributed by atoms with Gasteiger partial charge in [-0.1, -0.05) is 11.3 Å². The third-order valence-electron chi connectivity index (χ3n) is 3.26. The average Bonchev–Trinajstić information content (AvgIpc) is 2.80. The van der Waals surface area contributed by atoms with Gasteiger partial charge in [0.2, 0.25) is 0 Å². The monoisotopic (exact) mass is 293 g/mol. The summed E-state index contributed by atoms with van der Waals surface area (Å²) in [6, 6.07) is 4.79. The van der Waals surface area contributed by atoms with Gasteiger partial charge >= 0.3 is 0 Å². The Labute approximate surface area is 120 Å². The van der Waals surface area contributed by atoms with Gasteiger partial charge in [0.05, 0.1) is 27.3 Å². The third kappa shape index (κ3) is 2.46. The molecule has 1 fully saturated rings. The number of ether oxygens (including phenoxy) is 1. The lowest BCUT2D eigenvalue weighted by molar-refractivity contribution is -0.384. The van der Waals surface area contributed by atoms with Crippen LogP contribution in [-0.2, 0) is 4.74 Å². The number of non-ortho nitro benzene ring substituents is 1. The van der Waals surface area contributed by atoms with E-state index in [4.69, 9.17) is 4.74 Å². The van der Waals surface area contributed by atoms with Crippen LogP contribution >= 0.6 is 11.3 Å². The van der Waals surface area contributed by atoms with E-state index in [-0.39, 0.29) is 22.8 Å². The number of aromatic nitrogens is 1. The summed E-state index contributed by atoms with van der Waals surface area (Å²) in [7, 11) is 0. The molecular weight excluding hydrogens is 278 g/mol. The standard InChI is InChI=1S/C13H15N3O3S/c1-8-6-15(7-9(2)19-8)13-14-11-4-3-10(16(17)18)5-12(11)20-13/h3-5,8-9H,6-7H2,1-2H3/t8-,9+. The van der Waals surface area contributed by atoms with Crippen LogP contribution in [0.1, 0.15) is 13.8 Å². The van der Waals surface area contributed by atoms with Crippen LogP contribution in [-0.4, -0.2) is 35.2 Å². The Kier molecular flexibility index (Phi) is 3.31. The molecule has 0 aliphatic carbocycles. The predicted molar refractivity (Wildman–Crippen MR) is 78.5 cm³/mol. The van der Waals surface area contributed by atoms with Gasteiger partial charge in [-0.05, 0) is 19.9 Å². The largest absolute Gasteiger partial charge is 0.372 e. The number of nitrogens with zero attached hydrogens (tertiary/aromatic N) is 3. The summed E-state index contributed by atoms with van der Waals surface area (Å²) in [5.74, 6) is 0. The lowest BCUT2D eigenvalue weighted by Gasteiger charge is -2.35. The van der Waals surface area contributed by atoms with Gasteiger partial charge in [0.1, 0.15) is 0 Å². The van der Waals surface area contributed by atoms with Crippen molar-refractivity contribution in [2.45, 2.75) is 26.1 Å².